The van der Waals surface area contributed by atoms with Crippen LogP contribution in [0.1, 0.15) is 22.0 Å². The summed E-state index contributed by atoms with van der Waals surface area (Å²) in [5.74, 6) is 0. The Bertz CT molecular complexity index is 929. The fourth-order valence-corrected chi connectivity index (χ4v) is 4.46. The number of nitroso groups, excluding NO2 is 1. The summed E-state index contributed by atoms with van der Waals surface area (Å²) in [5.41, 5.74) is 3.56. The molecule has 0 aliphatic carbocycles. The van der Waals surface area contributed by atoms with Crippen LogP contribution in [0.4, 0.5) is 11.4 Å². The molecule has 0 radical (unpaired) electrons. The van der Waals surface area contributed by atoms with Crippen molar-refractivity contribution in [3.05, 3.63) is 83.3 Å². The van der Waals surface area contributed by atoms with Crippen LogP contribution in [0.2, 0.25) is 10.0 Å². The average Bonchev–Trinajstić information content (AvgIpc) is 2.99. The van der Waals surface area contributed by atoms with E-state index in [9.17, 15) is 4.91 Å². The van der Waals surface area contributed by atoms with Crippen LogP contribution in [0.3, 0.4) is 0 Å². The largest absolute Gasteiger partial charge is 0.355 e. The standard InChI is InChI=1S/C18H13BrCl2N2OS/c1-10-8-11(19)2-5-16(10)22-12-3-4-13(15(21)9-12)17(23-24)18-14(20)6-7-25-18/h2-9,17,22H,1H3. The number of thiophene rings is 1. The molecule has 128 valence electrons. The summed E-state index contributed by atoms with van der Waals surface area (Å²) in [6.45, 7) is 2.02. The Labute approximate surface area is 168 Å². The molecule has 0 aliphatic rings. The van der Waals surface area contributed by atoms with Crippen LogP contribution in [-0.2, 0) is 0 Å². The minimum atomic E-state index is -0.705. The van der Waals surface area contributed by atoms with Crippen LogP contribution in [0.25, 0.3) is 0 Å². The molecule has 25 heavy (non-hydrogen) atoms. The Morgan fingerprint density at radius 3 is 2.52 bits per heavy atom. The van der Waals surface area contributed by atoms with Gasteiger partial charge in [0.05, 0.1) is 9.90 Å². The number of hydrogen-bond acceptors (Lipinski definition) is 4. The molecule has 0 fully saturated rings. The van der Waals surface area contributed by atoms with E-state index in [-0.39, 0.29) is 0 Å². The second kappa shape index (κ2) is 7.87. The zero-order chi connectivity index (χ0) is 18.0. The van der Waals surface area contributed by atoms with Gasteiger partial charge in [-0.25, -0.2) is 0 Å². The van der Waals surface area contributed by atoms with Gasteiger partial charge in [0, 0.05) is 26.4 Å². The van der Waals surface area contributed by atoms with Crippen molar-refractivity contribution in [2.75, 3.05) is 5.32 Å². The highest BCUT2D eigenvalue weighted by atomic mass is 79.9. The Morgan fingerprint density at radius 1 is 1.12 bits per heavy atom. The van der Waals surface area contributed by atoms with Gasteiger partial charge in [0.2, 0.25) is 0 Å². The van der Waals surface area contributed by atoms with E-state index >= 15 is 0 Å². The van der Waals surface area contributed by atoms with Gasteiger partial charge in [-0.05, 0) is 54.3 Å². The highest BCUT2D eigenvalue weighted by Crippen LogP contribution is 2.39. The van der Waals surface area contributed by atoms with Crippen LogP contribution in [-0.4, -0.2) is 0 Å². The summed E-state index contributed by atoms with van der Waals surface area (Å²) < 4.78 is 1.02. The van der Waals surface area contributed by atoms with Crippen LogP contribution in [0, 0.1) is 11.8 Å². The molecule has 3 aromatic rings. The lowest BCUT2D eigenvalue weighted by Gasteiger charge is -2.14. The van der Waals surface area contributed by atoms with Crippen molar-refractivity contribution in [3.63, 3.8) is 0 Å². The summed E-state index contributed by atoms with van der Waals surface area (Å²) >= 11 is 17.4. The monoisotopic (exact) mass is 454 g/mol. The Kier molecular flexibility index (Phi) is 5.79. The second-order valence-corrected chi connectivity index (χ2v) is 8.14. The molecule has 0 saturated carbocycles. The fourth-order valence-electron chi connectivity index (χ4n) is 2.50. The molecule has 3 nitrogen and oxygen atoms in total. The number of nitrogens with one attached hydrogen (secondary N) is 1. The van der Waals surface area contributed by atoms with Gasteiger partial charge in [-0.3, -0.25) is 0 Å². The van der Waals surface area contributed by atoms with E-state index in [1.807, 2.05) is 36.6 Å². The van der Waals surface area contributed by atoms with Crippen molar-refractivity contribution in [2.24, 2.45) is 5.18 Å². The van der Waals surface area contributed by atoms with Crippen molar-refractivity contribution in [1.82, 2.24) is 0 Å². The number of halogens is 3. The summed E-state index contributed by atoms with van der Waals surface area (Å²) in [5, 5.41) is 9.38. The molecule has 3 rings (SSSR count). The highest BCUT2D eigenvalue weighted by Gasteiger charge is 2.22. The fraction of sp³-hybridized carbons (Fsp3) is 0.111. The lowest BCUT2D eigenvalue weighted by molar-refractivity contribution is 0.885. The van der Waals surface area contributed by atoms with E-state index in [4.69, 9.17) is 23.2 Å². The van der Waals surface area contributed by atoms with E-state index in [1.165, 1.54) is 11.3 Å². The van der Waals surface area contributed by atoms with Gasteiger partial charge in [0.15, 0.2) is 6.04 Å². The minimum Gasteiger partial charge on any atom is -0.355 e. The number of benzene rings is 2. The van der Waals surface area contributed by atoms with Crippen LogP contribution < -0.4 is 5.32 Å². The molecular weight excluding hydrogens is 443 g/mol. The van der Waals surface area contributed by atoms with Crippen molar-refractivity contribution < 1.29 is 0 Å². The number of rotatable bonds is 5. The Hall–Kier alpha value is -1.40. The zero-order valence-electron chi connectivity index (χ0n) is 13.1. The topological polar surface area (TPSA) is 41.5 Å². The van der Waals surface area contributed by atoms with Crippen LogP contribution >= 0.6 is 50.5 Å². The maximum atomic E-state index is 11.4. The van der Waals surface area contributed by atoms with Crippen molar-refractivity contribution in [2.45, 2.75) is 13.0 Å². The predicted octanol–water partition coefficient (Wildman–Crippen LogP) is 7.73. The molecule has 1 atom stereocenters. The third kappa shape index (κ3) is 4.06. The van der Waals surface area contributed by atoms with Gasteiger partial charge in [-0.1, -0.05) is 50.4 Å². The van der Waals surface area contributed by atoms with E-state index in [0.29, 0.717) is 20.5 Å². The maximum absolute atomic E-state index is 11.4. The first-order valence-corrected chi connectivity index (χ1v) is 9.80. The molecule has 0 spiro atoms. The second-order valence-electron chi connectivity index (χ2n) is 5.46. The Morgan fingerprint density at radius 2 is 1.92 bits per heavy atom. The van der Waals surface area contributed by atoms with Crippen molar-refractivity contribution >= 4 is 61.8 Å². The van der Waals surface area contributed by atoms with Gasteiger partial charge < -0.3 is 5.32 Å². The summed E-state index contributed by atoms with van der Waals surface area (Å²) in [6, 6.07) is 12.5. The third-order valence-electron chi connectivity index (χ3n) is 3.76. The lowest BCUT2D eigenvalue weighted by atomic mass is 10.1. The van der Waals surface area contributed by atoms with E-state index in [1.54, 1.807) is 18.2 Å². The quantitative estimate of drug-likeness (QED) is 0.400. The third-order valence-corrected chi connectivity index (χ3v) is 5.99. The molecule has 0 amide bonds. The first kappa shape index (κ1) is 18.4. The highest BCUT2D eigenvalue weighted by molar-refractivity contribution is 9.10. The molecule has 7 heteroatoms. The predicted molar refractivity (Wildman–Crippen MR) is 111 cm³/mol. The summed E-state index contributed by atoms with van der Waals surface area (Å²) in [6.07, 6.45) is 0. The lowest BCUT2D eigenvalue weighted by Crippen LogP contribution is -1.99. The zero-order valence-corrected chi connectivity index (χ0v) is 17.0. The summed E-state index contributed by atoms with van der Waals surface area (Å²) in [4.78, 5) is 12.1. The van der Waals surface area contributed by atoms with Crippen molar-refractivity contribution in [3.8, 4) is 0 Å². The maximum Gasteiger partial charge on any atom is 0.154 e. The molecule has 1 heterocycles. The van der Waals surface area contributed by atoms with Gasteiger partial charge in [0.25, 0.3) is 0 Å². The molecule has 0 bridgehead atoms. The number of hydrogen-bond donors (Lipinski definition) is 1. The smallest absolute Gasteiger partial charge is 0.154 e. The molecule has 0 saturated heterocycles. The van der Waals surface area contributed by atoms with Crippen LogP contribution in [0.5, 0.6) is 0 Å². The molecule has 2 aromatic carbocycles. The number of nitrogens with zero attached hydrogens (tertiary/aromatic N) is 1. The van der Waals surface area contributed by atoms with E-state index in [0.717, 1.165) is 21.4 Å². The first-order valence-electron chi connectivity index (χ1n) is 7.37. The molecular formula is C18H13BrCl2N2OS. The van der Waals surface area contributed by atoms with E-state index < -0.39 is 6.04 Å². The SMILES string of the molecule is Cc1cc(Br)ccc1Nc1ccc(C(N=O)c2sccc2Cl)c(Cl)c1. The first-order chi connectivity index (χ1) is 12.0. The van der Waals surface area contributed by atoms with Gasteiger partial charge >= 0.3 is 0 Å². The molecule has 0 aliphatic heterocycles. The minimum absolute atomic E-state index is 0.467. The Balaban J connectivity index is 1.90. The number of aryl methyl sites for hydroxylation is 1. The van der Waals surface area contributed by atoms with Gasteiger partial charge in [-0.2, -0.15) is 0 Å². The molecule has 1 N–H and O–H groups in total. The normalized spacial score (nSPS) is 12.0. The molecule has 1 aromatic heterocycles. The number of anilines is 2. The van der Waals surface area contributed by atoms with Gasteiger partial charge in [-0.15, -0.1) is 16.2 Å². The van der Waals surface area contributed by atoms with Crippen LogP contribution in [0.15, 0.2) is 57.5 Å². The van der Waals surface area contributed by atoms with Crippen molar-refractivity contribution in [1.29, 1.82) is 0 Å². The average molecular weight is 456 g/mol. The molecule has 1 unspecified atom stereocenters. The summed E-state index contributed by atoms with van der Waals surface area (Å²) in [7, 11) is 0. The van der Waals surface area contributed by atoms with E-state index in [2.05, 4.69) is 26.4 Å². The van der Waals surface area contributed by atoms with Gasteiger partial charge in [0.1, 0.15) is 0 Å².